The summed E-state index contributed by atoms with van der Waals surface area (Å²) in [5.41, 5.74) is 0.969. The van der Waals surface area contributed by atoms with E-state index < -0.39 is 0 Å². The van der Waals surface area contributed by atoms with Crippen molar-refractivity contribution in [3.63, 3.8) is 0 Å². The zero-order valence-electron chi connectivity index (χ0n) is 15.7. The molecule has 0 fully saturated rings. The molecule has 1 heterocycles. The lowest BCUT2D eigenvalue weighted by Gasteiger charge is -2.12. The maximum Gasteiger partial charge on any atom is 0.218 e. The van der Waals surface area contributed by atoms with E-state index >= 15 is 0 Å². The molecule has 0 aliphatic carbocycles. The maximum absolute atomic E-state index is 5.65. The number of pyridine rings is 1. The second-order valence-corrected chi connectivity index (χ2v) is 5.49. The zero-order chi connectivity index (χ0) is 17.5. The normalized spacial score (nSPS) is 10.9. The van der Waals surface area contributed by atoms with Crippen LogP contribution in [-0.4, -0.2) is 44.4 Å². The molecule has 0 atom stereocenters. The number of aromatic nitrogens is 1. The highest BCUT2D eigenvalue weighted by atomic mass is 127. The van der Waals surface area contributed by atoms with E-state index in [9.17, 15) is 0 Å². The van der Waals surface area contributed by atoms with Gasteiger partial charge >= 0.3 is 0 Å². The van der Waals surface area contributed by atoms with Crippen molar-refractivity contribution in [2.24, 2.45) is 4.99 Å². The molecule has 6 nitrogen and oxygen atoms in total. The Balaban J connectivity index is 0.00000576. The van der Waals surface area contributed by atoms with Gasteiger partial charge in [-0.25, -0.2) is 9.98 Å². The van der Waals surface area contributed by atoms with Gasteiger partial charge < -0.3 is 20.1 Å². The molecule has 0 aliphatic rings. The van der Waals surface area contributed by atoms with Gasteiger partial charge in [0.15, 0.2) is 5.96 Å². The van der Waals surface area contributed by atoms with Gasteiger partial charge in [-0.3, -0.25) is 0 Å². The molecular formula is C18H33IN4O2. The predicted molar refractivity (Wildman–Crippen MR) is 114 cm³/mol. The van der Waals surface area contributed by atoms with E-state index in [1.54, 1.807) is 13.3 Å². The molecule has 0 spiro atoms. The predicted octanol–water partition coefficient (Wildman–Crippen LogP) is 3.36. The van der Waals surface area contributed by atoms with Crippen molar-refractivity contribution in [2.75, 3.05) is 33.4 Å². The third kappa shape index (κ3) is 11.2. The number of unbranched alkanes of at least 4 members (excludes halogenated alkanes) is 3. The summed E-state index contributed by atoms with van der Waals surface area (Å²) < 4.78 is 10.7. The lowest BCUT2D eigenvalue weighted by atomic mass is 10.2. The van der Waals surface area contributed by atoms with Crippen molar-refractivity contribution in [2.45, 2.75) is 46.1 Å². The number of hydrogen-bond acceptors (Lipinski definition) is 4. The fourth-order valence-corrected chi connectivity index (χ4v) is 2.16. The Bertz CT molecular complexity index is 472. The van der Waals surface area contributed by atoms with Crippen LogP contribution in [0.2, 0.25) is 0 Å². The van der Waals surface area contributed by atoms with Crippen molar-refractivity contribution in [3.05, 3.63) is 23.9 Å². The third-order valence-electron chi connectivity index (χ3n) is 3.45. The first-order valence-electron chi connectivity index (χ1n) is 8.89. The Morgan fingerprint density at radius 3 is 2.72 bits per heavy atom. The van der Waals surface area contributed by atoms with Crippen molar-refractivity contribution < 1.29 is 9.47 Å². The summed E-state index contributed by atoms with van der Waals surface area (Å²) in [6.07, 6.45) is 6.68. The number of halogens is 1. The number of ether oxygens (including phenoxy) is 2. The highest BCUT2D eigenvalue weighted by Gasteiger charge is 2.05. The summed E-state index contributed by atoms with van der Waals surface area (Å²) in [5.74, 6) is 1.46. The van der Waals surface area contributed by atoms with Crippen LogP contribution in [-0.2, 0) is 11.3 Å². The molecule has 1 aromatic rings. The van der Waals surface area contributed by atoms with Gasteiger partial charge in [0.2, 0.25) is 5.88 Å². The quantitative estimate of drug-likeness (QED) is 0.215. The minimum atomic E-state index is 0. The molecule has 0 saturated carbocycles. The van der Waals surface area contributed by atoms with Crippen LogP contribution in [0.3, 0.4) is 0 Å². The molecule has 0 aliphatic heterocycles. The van der Waals surface area contributed by atoms with E-state index in [0.717, 1.165) is 31.0 Å². The molecule has 7 heteroatoms. The number of nitrogens with zero attached hydrogens (tertiary/aromatic N) is 2. The van der Waals surface area contributed by atoms with E-state index in [1.165, 1.54) is 19.3 Å². The van der Waals surface area contributed by atoms with Gasteiger partial charge in [0.05, 0.1) is 13.2 Å². The van der Waals surface area contributed by atoms with Crippen molar-refractivity contribution in [3.8, 4) is 5.88 Å². The minimum Gasteiger partial charge on any atom is -0.475 e. The molecule has 0 aromatic carbocycles. The molecule has 1 rings (SSSR count). The molecule has 0 radical (unpaired) electrons. The first-order valence-corrected chi connectivity index (χ1v) is 8.89. The number of rotatable bonds is 12. The Hall–Kier alpha value is -1.09. The van der Waals surface area contributed by atoms with Crippen molar-refractivity contribution in [1.82, 2.24) is 15.6 Å². The minimum absolute atomic E-state index is 0. The van der Waals surface area contributed by atoms with Crippen molar-refractivity contribution >= 4 is 29.9 Å². The van der Waals surface area contributed by atoms with E-state index in [1.807, 2.05) is 12.1 Å². The fourth-order valence-electron chi connectivity index (χ4n) is 2.16. The van der Waals surface area contributed by atoms with Crippen LogP contribution in [0, 0.1) is 0 Å². The Labute approximate surface area is 169 Å². The SMILES string of the molecule is CCCCCCNC(=NCc1cccnc1OCCOC)NCC.I. The standard InChI is InChI=1S/C18H32N4O2.HI/c1-4-6-7-8-11-21-18(19-5-2)22-15-16-10-9-12-20-17(16)24-14-13-23-3;/h9-10,12H,4-8,11,13-15H2,1-3H3,(H2,19,21,22);1H. The molecule has 144 valence electrons. The van der Waals surface area contributed by atoms with Gasteiger partial charge in [0, 0.05) is 32.0 Å². The van der Waals surface area contributed by atoms with Gasteiger partial charge in [-0.2, -0.15) is 0 Å². The molecule has 0 saturated heterocycles. The summed E-state index contributed by atoms with van der Waals surface area (Å²) in [6, 6.07) is 3.89. The van der Waals surface area contributed by atoms with E-state index in [2.05, 4.69) is 34.5 Å². The number of nitrogens with one attached hydrogen (secondary N) is 2. The van der Waals surface area contributed by atoms with Gasteiger partial charge in [-0.1, -0.05) is 32.3 Å². The van der Waals surface area contributed by atoms with Crippen LogP contribution >= 0.6 is 24.0 Å². The van der Waals surface area contributed by atoms with E-state index in [4.69, 9.17) is 9.47 Å². The van der Waals surface area contributed by atoms with Crippen LogP contribution in [0.5, 0.6) is 5.88 Å². The molecule has 2 N–H and O–H groups in total. The topological polar surface area (TPSA) is 67.8 Å². The molecule has 0 unspecified atom stereocenters. The highest BCUT2D eigenvalue weighted by molar-refractivity contribution is 14.0. The highest BCUT2D eigenvalue weighted by Crippen LogP contribution is 2.15. The lowest BCUT2D eigenvalue weighted by molar-refractivity contribution is 0.143. The monoisotopic (exact) mass is 464 g/mol. The summed E-state index contributed by atoms with van der Waals surface area (Å²) in [5, 5.41) is 6.65. The Morgan fingerprint density at radius 1 is 1.16 bits per heavy atom. The summed E-state index contributed by atoms with van der Waals surface area (Å²) in [6.45, 7) is 7.62. The van der Waals surface area contributed by atoms with Gasteiger partial charge in [-0.15, -0.1) is 24.0 Å². The lowest BCUT2D eigenvalue weighted by Crippen LogP contribution is -2.37. The second kappa shape index (κ2) is 16.4. The maximum atomic E-state index is 5.65. The average Bonchev–Trinajstić information content (AvgIpc) is 2.60. The molecule has 0 bridgehead atoms. The van der Waals surface area contributed by atoms with Crippen LogP contribution in [0.1, 0.15) is 45.1 Å². The van der Waals surface area contributed by atoms with Gasteiger partial charge in [0.25, 0.3) is 0 Å². The molecular weight excluding hydrogens is 431 g/mol. The zero-order valence-corrected chi connectivity index (χ0v) is 18.0. The molecule has 1 aromatic heterocycles. The van der Waals surface area contributed by atoms with E-state index in [-0.39, 0.29) is 24.0 Å². The molecule has 0 amide bonds. The average molecular weight is 464 g/mol. The Morgan fingerprint density at radius 2 is 2.00 bits per heavy atom. The number of hydrogen-bond donors (Lipinski definition) is 2. The van der Waals surface area contributed by atoms with Crippen molar-refractivity contribution in [1.29, 1.82) is 0 Å². The van der Waals surface area contributed by atoms with E-state index in [0.29, 0.717) is 25.6 Å². The fraction of sp³-hybridized carbons (Fsp3) is 0.667. The third-order valence-corrected chi connectivity index (χ3v) is 3.45. The van der Waals surface area contributed by atoms with Crippen LogP contribution in [0.4, 0.5) is 0 Å². The summed E-state index contributed by atoms with van der Waals surface area (Å²) in [4.78, 5) is 8.92. The van der Waals surface area contributed by atoms with Gasteiger partial charge in [0.1, 0.15) is 6.61 Å². The summed E-state index contributed by atoms with van der Waals surface area (Å²) >= 11 is 0. The largest absolute Gasteiger partial charge is 0.475 e. The number of aliphatic imine (C=N–C) groups is 1. The first kappa shape index (κ1) is 23.9. The summed E-state index contributed by atoms with van der Waals surface area (Å²) in [7, 11) is 1.65. The van der Waals surface area contributed by atoms with Gasteiger partial charge in [-0.05, 0) is 19.4 Å². The smallest absolute Gasteiger partial charge is 0.218 e. The second-order valence-electron chi connectivity index (χ2n) is 5.49. The Kier molecular flexibility index (Phi) is 15.7. The first-order chi connectivity index (χ1) is 11.8. The van der Waals surface area contributed by atoms with Crippen LogP contribution < -0.4 is 15.4 Å². The number of guanidine groups is 1. The number of methoxy groups -OCH3 is 1. The van der Waals surface area contributed by atoms with Crippen LogP contribution in [0.25, 0.3) is 0 Å². The molecule has 25 heavy (non-hydrogen) atoms. The van der Waals surface area contributed by atoms with Crippen LogP contribution in [0.15, 0.2) is 23.3 Å².